The highest BCUT2D eigenvalue weighted by Crippen LogP contribution is 2.40. The number of amides is 2. The minimum absolute atomic E-state index is 0.0597. The van der Waals surface area contributed by atoms with Crippen molar-refractivity contribution in [2.45, 2.75) is 62.2 Å². The van der Waals surface area contributed by atoms with Gasteiger partial charge < -0.3 is 15.1 Å². The third kappa shape index (κ3) is 4.76. The van der Waals surface area contributed by atoms with Crippen LogP contribution in [0.15, 0.2) is 65.3 Å². The van der Waals surface area contributed by atoms with Crippen LogP contribution in [-0.4, -0.2) is 43.6 Å². The van der Waals surface area contributed by atoms with E-state index < -0.39 is 28.6 Å². The molecule has 0 spiro atoms. The number of nitriles is 1. The van der Waals surface area contributed by atoms with Gasteiger partial charge in [-0.3, -0.25) is 9.59 Å². The van der Waals surface area contributed by atoms with Crippen molar-refractivity contribution in [3.05, 3.63) is 66.7 Å². The van der Waals surface area contributed by atoms with Crippen LogP contribution in [-0.2, 0) is 4.79 Å². The van der Waals surface area contributed by atoms with E-state index in [1.807, 2.05) is 42.5 Å². The highest BCUT2D eigenvalue weighted by Gasteiger charge is 2.52. The minimum Gasteiger partial charge on any atom is -0.451 e. The van der Waals surface area contributed by atoms with E-state index in [-0.39, 0.29) is 31.4 Å². The second-order valence-electron chi connectivity index (χ2n) is 10.8. The first-order chi connectivity index (χ1) is 18.7. The summed E-state index contributed by atoms with van der Waals surface area (Å²) in [6.45, 7) is 1.51. The Bertz CT molecular complexity index is 1590. The molecule has 0 bridgehead atoms. The lowest BCUT2D eigenvalue weighted by molar-refractivity contribution is -0.130. The van der Waals surface area contributed by atoms with Crippen LogP contribution in [0.25, 0.3) is 27.8 Å². The fourth-order valence-corrected chi connectivity index (χ4v) is 5.07. The average molecular weight is 527 g/mol. The van der Waals surface area contributed by atoms with Gasteiger partial charge in [-0.15, -0.1) is 0 Å². The van der Waals surface area contributed by atoms with Crippen LogP contribution in [0.3, 0.4) is 0 Å². The lowest BCUT2D eigenvalue weighted by Gasteiger charge is -2.41. The van der Waals surface area contributed by atoms with Gasteiger partial charge in [0.15, 0.2) is 5.76 Å². The number of halogens is 1. The summed E-state index contributed by atoms with van der Waals surface area (Å²) in [6, 6.07) is 17.2. The van der Waals surface area contributed by atoms with Gasteiger partial charge in [0.25, 0.3) is 5.91 Å². The molecule has 4 aromatic rings. The predicted molar refractivity (Wildman–Crippen MR) is 140 cm³/mol. The first-order valence-corrected chi connectivity index (χ1v) is 13.0. The average Bonchev–Trinajstić information content (AvgIpc) is 3.30. The maximum Gasteiger partial charge on any atom is 0.287 e. The SMILES string of the molecule is CC1(F)CCC(NC(=O)c2cc3ccc(-c4ccc(-n5nccn5)cc4)cc3o2)(C(=O)NC2(C#N)CC2)CC1. The molecule has 0 radical (unpaired) electrons. The number of fused-ring (bicyclic) bond motifs is 1. The quantitative estimate of drug-likeness (QED) is 0.378. The molecule has 198 valence electrons. The molecule has 2 aliphatic rings. The molecule has 0 aliphatic heterocycles. The summed E-state index contributed by atoms with van der Waals surface area (Å²) in [6.07, 6.45) is 4.87. The molecule has 39 heavy (non-hydrogen) atoms. The number of hydrogen-bond acceptors (Lipinski definition) is 6. The molecule has 2 saturated carbocycles. The van der Waals surface area contributed by atoms with Gasteiger partial charge in [-0.05, 0) is 80.8 Å². The third-order valence-electron chi connectivity index (χ3n) is 7.84. The maximum absolute atomic E-state index is 14.6. The van der Waals surface area contributed by atoms with E-state index in [2.05, 4.69) is 26.9 Å². The number of furan rings is 1. The Balaban J connectivity index is 1.23. The summed E-state index contributed by atoms with van der Waals surface area (Å²) in [5, 5.41) is 24.1. The van der Waals surface area contributed by atoms with Crippen LogP contribution in [0.5, 0.6) is 0 Å². The van der Waals surface area contributed by atoms with Gasteiger partial charge in [-0.1, -0.05) is 24.3 Å². The van der Waals surface area contributed by atoms with E-state index in [0.29, 0.717) is 18.4 Å². The van der Waals surface area contributed by atoms with Crippen molar-refractivity contribution in [1.82, 2.24) is 25.6 Å². The molecule has 2 N–H and O–H groups in total. The summed E-state index contributed by atoms with van der Waals surface area (Å²) in [5.74, 6) is -0.940. The van der Waals surface area contributed by atoms with Gasteiger partial charge in [-0.2, -0.15) is 20.3 Å². The highest BCUT2D eigenvalue weighted by atomic mass is 19.1. The molecule has 2 heterocycles. The van der Waals surface area contributed by atoms with Crippen molar-refractivity contribution in [1.29, 1.82) is 5.26 Å². The zero-order valence-electron chi connectivity index (χ0n) is 21.4. The number of hydrogen-bond donors (Lipinski definition) is 2. The third-order valence-corrected chi connectivity index (χ3v) is 7.84. The summed E-state index contributed by atoms with van der Waals surface area (Å²) < 4.78 is 20.6. The number of aromatic nitrogens is 3. The number of nitrogens with one attached hydrogen (secondary N) is 2. The largest absolute Gasteiger partial charge is 0.451 e. The van der Waals surface area contributed by atoms with E-state index in [1.165, 1.54) is 11.7 Å². The van der Waals surface area contributed by atoms with Crippen LogP contribution >= 0.6 is 0 Å². The second kappa shape index (κ2) is 9.05. The zero-order valence-corrected chi connectivity index (χ0v) is 21.4. The van der Waals surface area contributed by atoms with Crippen LogP contribution < -0.4 is 10.6 Å². The normalized spacial score (nSPS) is 23.6. The van der Waals surface area contributed by atoms with Crippen molar-refractivity contribution >= 4 is 22.8 Å². The van der Waals surface area contributed by atoms with Crippen molar-refractivity contribution in [3.8, 4) is 22.9 Å². The van der Waals surface area contributed by atoms with E-state index >= 15 is 0 Å². The number of benzene rings is 2. The topological polar surface area (TPSA) is 126 Å². The van der Waals surface area contributed by atoms with Gasteiger partial charge in [0.05, 0.1) is 24.2 Å². The maximum atomic E-state index is 14.6. The molecule has 2 fully saturated rings. The molecule has 0 saturated heterocycles. The Hall–Kier alpha value is -4.52. The molecular weight excluding hydrogens is 499 g/mol. The fourth-order valence-electron chi connectivity index (χ4n) is 5.07. The number of alkyl halides is 1. The van der Waals surface area contributed by atoms with E-state index in [9.17, 15) is 19.2 Å². The number of nitrogens with zero attached hydrogens (tertiary/aromatic N) is 4. The Labute approximate surface area is 224 Å². The molecule has 10 heteroatoms. The van der Waals surface area contributed by atoms with Gasteiger partial charge in [-0.25, -0.2) is 4.39 Å². The van der Waals surface area contributed by atoms with Crippen molar-refractivity contribution < 1.29 is 18.4 Å². The molecule has 0 unspecified atom stereocenters. The predicted octanol–water partition coefficient (Wildman–Crippen LogP) is 4.62. The number of rotatable bonds is 6. The Morgan fingerprint density at radius 2 is 1.62 bits per heavy atom. The summed E-state index contributed by atoms with van der Waals surface area (Å²) in [4.78, 5) is 28.2. The lowest BCUT2D eigenvalue weighted by Crippen LogP contribution is -2.63. The van der Waals surface area contributed by atoms with E-state index in [1.54, 1.807) is 18.5 Å². The number of carbonyl (C=O) groups excluding carboxylic acids is 2. The van der Waals surface area contributed by atoms with Gasteiger partial charge in [0, 0.05) is 5.39 Å². The van der Waals surface area contributed by atoms with Crippen molar-refractivity contribution in [3.63, 3.8) is 0 Å². The van der Waals surface area contributed by atoms with E-state index in [4.69, 9.17) is 4.42 Å². The Morgan fingerprint density at radius 1 is 0.949 bits per heavy atom. The van der Waals surface area contributed by atoms with E-state index in [0.717, 1.165) is 22.2 Å². The Morgan fingerprint density at radius 3 is 2.26 bits per heavy atom. The first kappa shape index (κ1) is 24.8. The van der Waals surface area contributed by atoms with Crippen molar-refractivity contribution in [2.75, 3.05) is 0 Å². The molecule has 2 amide bonds. The molecule has 6 rings (SSSR count). The summed E-state index contributed by atoms with van der Waals surface area (Å²) in [7, 11) is 0. The van der Waals surface area contributed by atoms with Crippen LogP contribution in [0.4, 0.5) is 4.39 Å². The standard InChI is InChI=1S/C29H27FN6O3/c1-27(30)8-12-29(13-9-27,26(38)35-28(18-31)10-11-28)34-25(37)24-17-21-3-2-20(16-23(21)39-24)19-4-6-22(7-5-19)36-32-14-15-33-36/h2-7,14-17H,8-13H2,1H3,(H,34,37)(H,35,38). The number of carbonyl (C=O) groups is 2. The molecule has 9 nitrogen and oxygen atoms in total. The Kier molecular flexibility index (Phi) is 5.75. The van der Waals surface area contributed by atoms with Crippen LogP contribution in [0, 0.1) is 11.3 Å². The monoisotopic (exact) mass is 526 g/mol. The molecular formula is C29H27FN6O3. The van der Waals surface area contributed by atoms with Crippen LogP contribution in [0.2, 0.25) is 0 Å². The fraction of sp³-hybridized carbons (Fsp3) is 0.345. The molecule has 2 aromatic heterocycles. The van der Waals surface area contributed by atoms with Gasteiger partial charge in [0.2, 0.25) is 5.91 Å². The highest BCUT2D eigenvalue weighted by molar-refractivity contribution is 6.00. The van der Waals surface area contributed by atoms with Crippen molar-refractivity contribution in [2.24, 2.45) is 0 Å². The summed E-state index contributed by atoms with van der Waals surface area (Å²) >= 11 is 0. The zero-order chi connectivity index (χ0) is 27.3. The molecule has 2 aliphatic carbocycles. The lowest BCUT2D eigenvalue weighted by atomic mass is 9.74. The molecule has 0 atom stereocenters. The van der Waals surface area contributed by atoms with Gasteiger partial charge >= 0.3 is 0 Å². The first-order valence-electron chi connectivity index (χ1n) is 13.0. The molecule has 2 aromatic carbocycles. The minimum atomic E-state index is -1.41. The second-order valence-corrected chi connectivity index (χ2v) is 10.8. The van der Waals surface area contributed by atoms with Crippen LogP contribution in [0.1, 0.15) is 56.0 Å². The smallest absolute Gasteiger partial charge is 0.287 e. The van der Waals surface area contributed by atoms with Gasteiger partial charge in [0.1, 0.15) is 22.3 Å². The summed E-state index contributed by atoms with van der Waals surface area (Å²) in [5.41, 5.74) is -0.412.